The maximum atomic E-state index is 12.5. The fourth-order valence-corrected chi connectivity index (χ4v) is 3.54. The fraction of sp³-hybridized carbons (Fsp3) is 0.238. The normalized spacial score (nSPS) is 16.5. The molecular formula is C21H21ClN4O. The lowest BCUT2D eigenvalue weighted by Crippen LogP contribution is -2.37. The summed E-state index contributed by atoms with van der Waals surface area (Å²) in [5, 5.41) is 8.04. The Morgan fingerprint density at radius 3 is 2.70 bits per heavy atom. The first-order valence-corrected chi connectivity index (χ1v) is 9.44. The van der Waals surface area contributed by atoms with Crippen LogP contribution in [0.4, 0.5) is 4.79 Å². The van der Waals surface area contributed by atoms with Crippen molar-refractivity contribution in [3.63, 3.8) is 0 Å². The lowest BCUT2D eigenvalue weighted by atomic mass is 9.99. The van der Waals surface area contributed by atoms with E-state index in [1.54, 1.807) is 10.9 Å². The van der Waals surface area contributed by atoms with E-state index in [0.717, 1.165) is 30.8 Å². The van der Waals surface area contributed by atoms with Gasteiger partial charge in [0.2, 0.25) is 0 Å². The number of aromatic nitrogens is 2. The van der Waals surface area contributed by atoms with Crippen LogP contribution in [0.1, 0.15) is 23.5 Å². The monoisotopic (exact) mass is 380 g/mol. The van der Waals surface area contributed by atoms with Crippen LogP contribution in [-0.4, -0.2) is 33.8 Å². The largest absolute Gasteiger partial charge is 0.334 e. The average molecular weight is 381 g/mol. The van der Waals surface area contributed by atoms with Crippen molar-refractivity contribution in [2.45, 2.75) is 18.9 Å². The number of hydrogen-bond donors (Lipinski definition) is 1. The predicted molar refractivity (Wildman–Crippen MR) is 106 cm³/mol. The molecule has 1 N–H and O–H groups in total. The van der Waals surface area contributed by atoms with E-state index < -0.39 is 0 Å². The molecule has 6 heteroatoms. The Labute approximate surface area is 163 Å². The SMILES string of the molecule is O=C(NCc1cnn(-c2ccc(Cl)cc2)c1)N1CCC(c2ccccc2)C1. The first kappa shape index (κ1) is 17.6. The van der Waals surface area contributed by atoms with Crippen LogP contribution in [0.5, 0.6) is 0 Å². The zero-order chi connectivity index (χ0) is 18.6. The first-order chi connectivity index (χ1) is 13.2. The zero-order valence-electron chi connectivity index (χ0n) is 14.9. The highest BCUT2D eigenvalue weighted by atomic mass is 35.5. The molecule has 2 amide bonds. The number of urea groups is 1. The lowest BCUT2D eigenvalue weighted by molar-refractivity contribution is 0.208. The summed E-state index contributed by atoms with van der Waals surface area (Å²) in [6, 6.07) is 17.9. The highest BCUT2D eigenvalue weighted by Gasteiger charge is 2.27. The van der Waals surface area contributed by atoms with E-state index >= 15 is 0 Å². The van der Waals surface area contributed by atoms with Crippen molar-refractivity contribution in [3.05, 3.63) is 83.1 Å². The molecule has 0 bridgehead atoms. The summed E-state index contributed by atoms with van der Waals surface area (Å²) >= 11 is 5.92. The van der Waals surface area contributed by atoms with Gasteiger partial charge < -0.3 is 10.2 Å². The number of carbonyl (C=O) groups excluding carboxylic acids is 1. The minimum atomic E-state index is -0.0207. The molecule has 0 saturated carbocycles. The first-order valence-electron chi connectivity index (χ1n) is 9.06. The van der Waals surface area contributed by atoms with E-state index in [4.69, 9.17) is 11.6 Å². The standard InChI is InChI=1S/C21H21ClN4O/c22-19-6-8-20(9-7-19)26-14-16(13-24-26)12-23-21(27)25-11-10-18(15-25)17-4-2-1-3-5-17/h1-9,13-14,18H,10-12,15H2,(H,23,27). The summed E-state index contributed by atoms with van der Waals surface area (Å²) < 4.78 is 1.78. The van der Waals surface area contributed by atoms with Crippen LogP contribution < -0.4 is 5.32 Å². The van der Waals surface area contributed by atoms with Gasteiger partial charge in [0.1, 0.15) is 0 Å². The lowest BCUT2D eigenvalue weighted by Gasteiger charge is -2.17. The molecule has 0 radical (unpaired) electrons. The topological polar surface area (TPSA) is 50.2 Å². The van der Waals surface area contributed by atoms with Gasteiger partial charge in [-0.3, -0.25) is 0 Å². The van der Waals surface area contributed by atoms with E-state index in [2.05, 4.69) is 34.7 Å². The summed E-state index contributed by atoms with van der Waals surface area (Å²) in [5.41, 5.74) is 3.19. The van der Waals surface area contributed by atoms with Gasteiger partial charge in [-0.25, -0.2) is 9.48 Å². The van der Waals surface area contributed by atoms with Gasteiger partial charge in [-0.05, 0) is 36.2 Å². The van der Waals surface area contributed by atoms with Crippen molar-refractivity contribution >= 4 is 17.6 Å². The van der Waals surface area contributed by atoms with E-state index in [-0.39, 0.29) is 6.03 Å². The number of carbonyl (C=O) groups is 1. The Morgan fingerprint density at radius 1 is 1.15 bits per heavy atom. The highest BCUT2D eigenvalue weighted by molar-refractivity contribution is 6.30. The van der Waals surface area contributed by atoms with Gasteiger partial charge in [0, 0.05) is 42.3 Å². The van der Waals surface area contributed by atoms with Crippen LogP contribution in [0, 0.1) is 0 Å². The van der Waals surface area contributed by atoms with Gasteiger partial charge in [0.25, 0.3) is 0 Å². The van der Waals surface area contributed by atoms with Gasteiger partial charge in [-0.15, -0.1) is 0 Å². The van der Waals surface area contributed by atoms with Gasteiger partial charge in [-0.1, -0.05) is 41.9 Å². The van der Waals surface area contributed by atoms with Crippen LogP contribution in [0.2, 0.25) is 5.02 Å². The number of likely N-dealkylation sites (tertiary alicyclic amines) is 1. The molecular weight excluding hydrogens is 360 g/mol. The molecule has 0 aliphatic carbocycles. The molecule has 1 aromatic heterocycles. The Hall–Kier alpha value is -2.79. The minimum absolute atomic E-state index is 0.0207. The maximum absolute atomic E-state index is 12.5. The molecule has 4 rings (SSSR count). The Balaban J connectivity index is 1.32. The second-order valence-corrected chi connectivity index (χ2v) is 7.21. The number of nitrogens with zero attached hydrogens (tertiary/aromatic N) is 3. The molecule has 3 aromatic rings. The molecule has 1 atom stereocenters. The quantitative estimate of drug-likeness (QED) is 0.736. The van der Waals surface area contributed by atoms with E-state index in [9.17, 15) is 4.79 Å². The smallest absolute Gasteiger partial charge is 0.317 e. The third-order valence-electron chi connectivity index (χ3n) is 4.92. The maximum Gasteiger partial charge on any atom is 0.317 e. The highest BCUT2D eigenvalue weighted by Crippen LogP contribution is 2.26. The summed E-state index contributed by atoms with van der Waals surface area (Å²) in [5.74, 6) is 0.421. The second kappa shape index (κ2) is 7.84. The third-order valence-corrected chi connectivity index (χ3v) is 5.17. The van der Waals surface area contributed by atoms with Crippen LogP contribution in [0.25, 0.3) is 5.69 Å². The Kier molecular flexibility index (Phi) is 5.12. The molecule has 1 saturated heterocycles. The van der Waals surface area contributed by atoms with Crippen LogP contribution in [0.3, 0.4) is 0 Å². The van der Waals surface area contributed by atoms with Gasteiger partial charge in [-0.2, -0.15) is 5.10 Å². The molecule has 27 heavy (non-hydrogen) atoms. The number of nitrogens with one attached hydrogen (secondary N) is 1. The van der Waals surface area contributed by atoms with Crippen molar-refractivity contribution in [2.24, 2.45) is 0 Å². The summed E-state index contributed by atoms with van der Waals surface area (Å²) in [7, 11) is 0. The summed E-state index contributed by atoms with van der Waals surface area (Å²) in [6.45, 7) is 2.01. The molecule has 1 unspecified atom stereocenters. The average Bonchev–Trinajstić information content (AvgIpc) is 3.37. The molecule has 1 aliphatic rings. The molecule has 2 aromatic carbocycles. The van der Waals surface area contributed by atoms with E-state index in [1.807, 2.05) is 41.4 Å². The predicted octanol–water partition coefficient (Wildman–Crippen LogP) is 4.22. The molecule has 5 nitrogen and oxygen atoms in total. The van der Waals surface area contributed by atoms with Crippen LogP contribution in [0.15, 0.2) is 67.0 Å². The summed E-state index contributed by atoms with van der Waals surface area (Å²) in [6.07, 6.45) is 4.69. The van der Waals surface area contributed by atoms with Crippen molar-refractivity contribution in [2.75, 3.05) is 13.1 Å². The van der Waals surface area contributed by atoms with Crippen molar-refractivity contribution < 1.29 is 4.79 Å². The van der Waals surface area contributed by atoms with Gasteiger partial charge >= 0.3 is 6.03 Å². The second-order valence-electron chi connectivity index (χ2n) is 6.77. The van der Waals surface area contributed by atoms with Crippen LogP contribution in [-0.2, 0) is 6.54 Å². The molecule has 1 aliphatic heterocycles. The van der Waals surface area contributed by atoms with Gasteiger partial charge in [0.05, 0.1) is 11.9 Å². The van der Waals surface area contributed by atoms with E-state index in [1.165, 1.54) is 5.56 Å². The minimum Gasteiger partial charge on any atom is -0.334 e. The summed E-state index contributed by atoms with van der Waals surface area (Å²) in [4.78, 5) is 14.4. The van der Waals surface area contributed by atoms with Crippen molar-refractivity contribution in [1.29, 1.82) is 0 Å². The number of amides is 2. The Bertz CT molecular complexity index is 907. The van der Waals surface area contributed by atoms with Gasteiger partial charge in [0.15, 0.2) is 0 Å². The van der Waals surface area contributed by atoms with Crippen molar-refractivity contribution in [1.82, 2.24) is 20.0 Å². The third kappa shape index (κ3) is 4.14. The molecule has 138 valence electrons. The number of rotatable bonds is 4. The van der Waals surface area contributed by atoms with Crippen LogP contribution >= 0.6 is 11.6 Å². The Morgan fingerprint density at radius 2 is 1.93 bits per heavy atom. The number of benzene rings is 2. The molecule has 0 spiro atoms. The fourth-order valence-electron chi connectivity index (χ4n) is 3.42. The molecule has 2 heterocycles. The molecule has 1 fully saturated rings. The number of hydrogen-bond acceptors (Lipinski definition) is 2. The van der Waals surface area contributed by atoms with Crippen molar-refractivity contribution in [3.8, 4) is 5.69 Å². The van der Waals surface area contributed by atoms with E-state index in [0.29, 0.717) is 17.5 Å². The zero-order valence-corrected chi connectivity index (χ0v) is 15.6. The number of halogens is 1.